The maximum atomic E-state index is 12.7. The van der Waals surface area contributed by atoms with Gasteiger partial charge in [-0.3, -0.25) is 14.4 Å². The molecule has 3 rings (SSSR count). The van der Waals surface area contributed by atoms with E-state index in [0.717, 1.165) is 5.56 Å². The van der Waals surface area contributed by atoms with Crippen LogP contribution in [0.15, 0.2) is 24.3 Å². The van der Waals surface area contributed by atoms with Crippen LogP contribution in [-0.4, -0.2) is 59.7 Å². The zero-order valence-corrected chi connectivity index (χ0v) is 17.3. The van der Waals surface area contributed by atoms with Crippen molar-refractivity contribution in [1.29, 1.82) is 0 Å². The van der Waals surface area contributed by atoms with E-state index in [1.165, 1.54) is 0 Å². The van der Waals surface area contributed by atoms with Gasteiger partial charge in [-0.25, -0.2) is 0 Å². The number of hydrogen-bond acceptors (Lipinski definition) is 5. The van der Waals surface area contributed by atoms with E-state index < -0.39 is 12.1 Å². The summed E-state index contributed by atoms with van der Waals surface area (Å²) >= 11 is 1.58. The Morgan fingerprint density at radius 2 is 2.04 bits per heavy atom. The van der Waals surface area contributed by atoms with E-state index in [1.54, 1.807) is 29.7 Å². The number of nitrogens with one attached hydrogen (secondary N) is 2. The number of hydrogen-bond donors (Lipinski definition) is 2. The van der Waals surface area contributed by atoms with Gasteiger partial charge in [-0.2, -0.15) is 0 Å². The molecule has 2 heterocycles. The number of benzene rings is 1. The summed E-state index contributed by atoms with van der Waals surface area (Å²) in [5.41, 5.74) is 1.62. The van der Waals surface area contributed by atoms with E-state index in [9.17, 15) is 14.4 Å². The molecule has 2 aliphatic heterocycles. The number of ether oxygens (including phenoxy) is 1. The average Bonchev–Trinajstić information content (AvgIpc) is 3.21. The Labute approximate surface area is 169 Å². The van der Waals surface area contributed by atoms with Gasteiger partial charge >= 0.3 is 0 Å². The van der Waals surface area contributed by atoms with Crippen molar-refractivity contribution < 1.29 is 19.1 Å². The Morgan fingerprint density at radius 1 is 1.29 bits per heavy atom. The van der Waals surface area contributed by atoms with E-state index in [2.05, 4.69) is 10.6 Å². The number of carbonyl (C=O) groups excluding carboxylic acids is 3. The minimum absolute atomic E-state index is 0.118. The van der Waals surface area contributed by atoms with Crippen molar-refractivity contribution in [2.75, 3.05) is 18.9 Å². The molecule has 1 aromatic carbocycles. The van der Waals surface area contributed by atoms with Crippen LogP contribution in [0.5, 0.6) is 0 Å². The predicted molar refractivity (Wildman–Crippen MR) is 108 cm³/mol. The van der Waals surface area contributed by atoms with Crippen LogP contribution in [0.1, 0.15) is 48.5 Å². The summed E-state index contributed by atoms with van der Waals surface area (Å²) in [5.74, 6) is -0.122. The van der Waals surface area contributed by atoms with Crippen molar-refractivity contribution in [2.24, 2.45) is 0 Å². The summed E-state index contributed by atoms with van der Waals surface area (Å²) in [6.07, 6.45) is 0.882. The molecule has 0 aromatic heterocycles. The summed E-state index contributed by atoms with van der Waals surface area (Å²) in [7, 11) is 0. The zero-order chi connectivity index (χ0) is 20.3. The van der Waals surface area contributed by atoms with Gasteiger partial charge in [0, 0.05) is 24.5 Å². The van der Waals surface area contributed by atoms with E-state index in [4.69, 9.17) is 4.74 Å². The fraction of sp³-hybridized carbons (Fsp3) is 0.550. The maximum Gasteiger partial charge on any atom is 0.256 e. The molecular weight excluding hydrogens is 378 g/mol. The number of fused-ring (bicyclic) bond motifs is 3. The number of amides is 3. The Bertz CT molecular complexity index is 755. The standard InChI is InChI=1S/C20H27N3O4S/c1-12(2)27-10-6-9-21-17(24)13(3)22-18(25)16-11-28-20-15-8-5-4-7-14(15)19(26)23(16)20/h4-5,7-8,12-13,16,20H,6,9-11H2,1-3H3,(H,21,24)(H,22,25)/t13-,16-,20-/m0/s1. The average molecular weight is 406 g/mol. The molecule has 3 amide bonds. The fourth-order valence-corrected chi connectivity index (χ4v) is 4.84. The van der Waals surface area contributed by atoms with Gasteiger partial charge in [0.2, 0.25) is 11.8 Å². The number of nitrogens with zero attached hydrogens (tertiary/aromatic N) is 1. The lowest BCUT2D eigenvalue weighted by Gasteiger charge is -2.24. The topological polar surface area (TPSA) is 87.7 Å². The number of rotatable bonds is 8. The largest absolute Gasteiger partial charge is 0.379 e. The second-order valence-corrected chi connectivity index (χ2v) is 8.41. The van der Waals surface area contributed by atoms with Crippen LogP contribution in [0, 0.1) is 0 Å². The van der Waals surface area contributed by atoms with E-state index in [1.807, 2.05) is 32.0 Å². The van der Waals surface area contributed by atoms with E-state index in [-0.39, 0.29) is 29.2 Å². The number of carbonyl (C=O) groups is 3. The molecular formula is C20H27N3O4S. The Balaban J connectivity index is 1.50. The highest BCUT2D eigenvalue weighted by atomic mass is 32.2. The van der Waals surface area contributed by atoms with Gasteiger partial charge < -0.3 is 20.3 Å². The Morgan fingerprint density at radius 3 is 2.79 bits per heavy atom. The summed E-state index contributed by atoms with van der Waals surface area (Å²) in [4.78, 5) is 39.3. The third-order valence-corrected chi connectivity index (χ3v) is 6.12. The second kappa shape index (κ2) is 8.96. The monoisotopic (exact) mass is 405 g/mol. The molecule has 8 heteroatoms. The van der Waals surface area contributed by atoms with Gasteiger partial charge in [0.1, 0.15) is 17.5 Å². The molecule has 0 spiro atoms. The molecule has 3 atom stereocenters. The molecule has 0 radical (unpaired) electrons. The molecule has 0 bridgehead atoms. The molecule has 2 N–H and O–H groups in total. The van der Waals surface area contributed by atoms with Crippen LogP contribution in [-0.2, 0) is 14.3 Å². The summed E-state index contributed by atoms with van der Waals surface area (Å²) in [6.45, 7) is 6.65. The van der Waals surface area contributed by atoms with Crippen molar-refractivity contribution in [3.63, 3.8) is 0 Å². The van der Waals surface area contributed by atoms with Crippen LogP contribution in [0.3, 0.4) is 0 Å². The predicted octanol–water partition coefficient (Wildman–Crippen LogP) is 1.69. The van der Waals surface area contributed by atoms with Crippen molar-refractivity contribution in [1.82, 2.24) is 15.5 Å². The van der Waals surface area contributed by atoms with Gasteiger partial charge in [0.15, 0.2) is 0 Å². The molecule has 7 nitrogen and oxygen atoms in total. The molecule has 0 unspecified atom stereocenters. The van der Waals surface area contributed by atoms with E-state index in [0.29, 0.717) is 30.9 Å². The highest BCUT2D eigenvalue weighted by Crippen LogP contribution is 2.48. The van der Waals surface area contributed by atoms with Crippen molar-refractivity contribution in [3.05, 3.63) is 35.4 Å². The normalized spacial score (nSPS) is 21.4. The minimum atomic E-state index is -0.664. The third kappa shape index (κ3) is 4.33. The zero-order valence-electron chi connectivity index (χ0n) is 16.4. The first-order chi connectivity index (χ1) is 13.4. The van der Waals surface area contributed by atoms with Crippen LogP contribution >= 0.6 is 11.8 Å². The smallest absolute Gasteiger partial charge is 0.256 e. The Hall–Kier alpha value is -2.06. The lowest BCUT2D eigenvalue weighted by Crippen LogP contribution is -2.52. The molecule has 152 valence electrons. The lowest BCUT2D eigenvalue weighted by atomic mass is 10.1. The van der Waals surface area contributed by atoms with E-state index >= 15 is 0 Å². The fourth-order valence-electron chi connectivity index (χ4n) is 3.37. The Kier molecular flexibility index (Phi) is 6.61. The maximum absolute atomic E-state index is 12.7. The van der Waals surface area contributed by atoms with Gasteiger partial charge in [-0.05, 0) is 38.8 Å². The molecule has 0 saturated carbocycles. The number of thioether (sulfide) groups is 1. The van der Waals surface area contributed by atoms with Gasteiger partial charge in [-0.15, -0.1) is 11.8 Å². The molecule has 28 heavy (non-hydrogen) atoms. The first-order valence-corrected chi connectivity index (χ1v) is 10.7. The third-order valence-electron chi connectivity index (χ3n) is 4.82. The minimum Gasteiger partial charge on any atom is -0.379 e. The summed E-state index contributed by atoms with van der Waals surface area (Å²) < 4.78 is 5.43. The molecule has 1 saturated heterocycles. The molecule has 1 aromatic rings. The molecule has 2 aliphatic rings. The van der Waals surface area contributed by atoms with Crippen molar-refractivity contribution >= 4 is 29.5 Å². The van der Waals surface area contributed by atoms with Crippen molar-refractivity contribution in [3.8, 4) is 0 Å². The van der Waals surface area contributed by atoms with Gasteiger partial charge in [0.05, 0.1) is 6.10 Å². The van der Waals surface area contributed by atoms with Crippen molar-refractivity contribution in [2.45, 2.75) is 50.8 Å². The molecule has 0 aliphatic carbocycles. The van der Waals surface area contributed by atoms with Crippen LogP contribution in [0.2, 0.25) is 0 Å². The van der Waals surface area contributed by atoms with Crippen LogP contribution in [0.4, 0.5) is 0 Å². The lowest BCUT2D eigenvalue weighted by molar-refractivity contribution is -0.130. The van der Waals surface area contributed by atoms with Crippen LogP contribution in [0.25, 0.3) is 0 Å². The first-order valence-electron chi connectivity index (χ1n) is 9.63. The molecule has 1 fully saturated rings. The van der Waals surface area contributed by atoms with Gasteiger partial charge in [0.25, 0.3) is 5.91 Å². The first kappa shape index (κ1) is 20.7. The van der Waals surface area contributed by atoms with Gasteiger partial charge in [-0.1, -0.05) is 18.2 Å². The SMILES string of the molecule is CC(C)OCCCNC(=O)[C@H](C)NC(=O)[C@@H]1CS[C@H]2c3ccccc3C(=O)N12. The summed E-state index contributed by atoms with van der Waals surface area (Å²) in [6, 6.07) is 6.24. The highest BCUT2D eigenvalue weighted by Gasteiger charge is 2.48. The van der Waals surface area contributed by atoms with Crippen LogP contribution < -0.4 is 10.6 Å². The summed E-state index contributed by atoms with van der Waals surface area (Å²) in [5, 5.41) is 5.43. The second-order valence-electron chi connectivity index (χ2n) is 7.30. The quantitative estimate of drug-likeness (QED) is 0.643. The highest BCUT2D eigenvalue weighted by molar-refractivity contribution is 7.99.